The molecule has 0 bridgehead atoms. The highest BCUT2D eigenvalue weighted by molar-refractivity contribution is 7.80. The van der Waals surface area contributed by atoms with Crippen LogP contribution in [0, 0.1) is 0 Å². The Morgan fingerprint density at radius 3 is 2.54 bits per heavy atom. The SMILES string of the molecule is CCOC(O)NC(=S)Nc1ccc(N2CCN(C(=O)OC(C)(C)C)CC2)cn1. The molecule has 3 N–H and O–H groups in total. The highest BCUT2D eigenvalue weighted by Crippen LogP contribution is 2.18. The molecule has 2 heterocycles. The van der Waals surface area contributed by atoms with Gasteiger partial charge in [0.05, 0.1) is 11.9 Å². The lowest BCUT2D eigenvalue weighted by molar-refractivity contribution is -0.103. The van der Waals surface area contributed by atoms with Crippen molar-refractivity contribution in [2.24, 2.45) is 0 Å². The molecule has 1 aromatic rings. The maximum atomic E-state index is 12.1. The van der Waals surface area contributed by atoms with Crippen LogP contribution >= 0.6 is 12.2 Å². The van der Waals surface area contributed by atoms with Gasteiger partial charge in [0.1, 0.15) is 11.4 Å². The summed E-state index contributed by atoms with van der Waals surface area (Å²) in [5.74, 6) is 0.553. The van der Waals surface area contributed by atoms with Crippen LogP contribution in [0.5, 0.6) is 0 Å². The lowest BCUT2D eigenvalue weighted by atomic mass is 10.2. The van der Waals surface area contributed by atoms with Crippen molar-refractivity contribution in [3.8, 4) is 0 Å². The number of carbonyl (C=O) groups is 1. The fourth-order valence-corrected chi connectivity index (χ4v) is 2.79. The molecule has 9 nitrogen and oxygen atoms in total. The number of aliphatic hydroxyl groups excluding tert-OH is 1. The maximum Gasteiger partial charge on any atom is 0.410 e. The third-order valence-electron chi connectivity index (χ3n) is 3.87. The smallest absolute Gasteiger partial charge is 0.410 e. The molecule has 10 heteroatoms. The Labute approximate surface area is 171 Å². The zero-order valence-electron chi connectivity index (χ0n) is 16.8. The predicted octanol–water partition coefficient (Wildman–Crippen LogP) is 1.74. The number of carbonyl (C=O) groups excluding carboxylic acids is 1. The molecule has 1 unspecified atom stereocenters. The number of thiocarbonyl (C=S) groups is 1. The first-order valence-corrected chi connectivity index (χ1v) is 9.65. The summed E-state index contributed by atoms with van der Waals surface area (Å²) in [5.41, 5.74) is 0.470. The molecule has 0 radical (unpaired) electrons. The second kappa shape index (κ2) is 9.85. The minimum atomic E-state index is -1.16. The fraction of sp³-hybridized carbons (Fsp3) is 0.611. The van der Waals surface area contributed by atoms with Crippen LogP contribution in [0.25, 0.3) is 0 Å². The normalized spacial score (nSPS) is 15.8. The van der Waals surface area contributed by atoms with Gasteiger partial charge >= 0.3 is 6.09 Å². The minimum Gasteiger partial charge on any atom is -0.444 e. The second-order valence-electron chi connectivity index (χ2n) is 7.26. The van der Waals surface area contributed by atoms with E-state index in [9.17, 15) is 9.90 Å². The summed E-state index contributed by atoms with van der Waals surface area (Å²) >= 11 is 5.10. The van der Waals surface area contributed by atoms with Gasteiger partial charge in [-0.15, -0.1) is 0 Å². The van der Waals surface area contributed by atoms with Crippen LogP contribution in [0.4, 0.5) is 16.3 Å². The van der Waals surface area contributed by atoms with E-state index >= 15 is 0 Å². The largest absolute Gasteiger partial charge is 0.444 e. The van der Waals surface area contributed by atoms with Gasteiger partial charge in [-0.3, -0.25) is 0 Å². The Hall–Kier alpha value is -2.17. The van der Waals surface area contributed by atoms with E-state index in [0.29, 0.717) is 38.6 Å². The number of piperazine rings is 1. The molecule has 28 heavy (non-hydrogen) atoms. The zero-order valence-corrected chi connectivity index (χ0v) is 17.6. The van der Waals surface area contributed by atoms with Crippen molar-refractivity contribution in [3.05, 3.63) is 18.3 Å². The average molecular weight is 412 g/mol. The second-order valence-corrected chi connectivity index (χ2v) is 7.67. The summed E-state index contributed by atoms with van der Waals surface area (Å²) in [6.45, 7) is 10.3. The highest BCUT2D eigenvalue weighted by Gasteiger charge is 2.26. The van der Waals surface area contributed by atoms with Crippen LogP contribution in [-0.2, 0) is 9.47 Å². The summed E-state index contributed by atoms with van der Waals surface area (Å²) in [6, 6.07) is 3.73. The quantitative estimate of drug-likeness (QED) is 0.494. The van der Waals surface area contributed by atoms with E-state index < -0.39 is 12.0 Å². The number of nitrogens with one attached hydrogen (secondary N) is 2. The van der Waals surface area contributed by atoms with Crippen LogP contribution in [0.1, 0.15) is 27.7 Å². The molecular formula is C18H29N5O4S. The highest BCUT2D eigenvalue weighted by atomic mass is 32.1. The maximum absolute atomic E-state index is 12.1. The summed E-state index contributed by atoms with van der Waals surface area (Å²) in [6.07, 6.45) is 0.304. The summed E-state index contributed by atoms with van der Waals surface area (Å²) in [7, 11) is 0. The van der Waals surface area contributed by atoms with Crippen molar-refractivity contribution < 1.29 is 19.4 Å². The number of aliphatic hydroxyl groups is 1. The number of hydrogen-bond donors (Lipinski definition) is 3. The first kappa shape index (κ1) is 22.1. The molecule has 0 spiro atoms. The lowest BCUT2D eigenvalue weighted by Crippen LogP contribution is -2.50. The molecule has 1 aromatic heterocycles. The van der Waals surface area contributed by atoms with E-state index in [1.165, 1.54) is 0 Å². The van der Waals surface area contributed by atoms with Gasteiger partial charge in [-0.2, -0.15) is 0 Å². The molecule has 0 aliphatic carbocycles. The number of aromatic nitrogens is 1. The first-order chi connectivity index (χ1) is 13.2. The molecule has 2 rings (SSSR count). The molecular weight excluding hydrogens is 382 g/mol. The van der Waals surface area contributed by atoms with Crippen LogP contribution in [0.2, 0.25) is 0 Å². The number of rotatable bonds is 5. The van der Waals surface area contributed by atoms with Crippen molar-refractivity contribution in [2.75, 3.05) is 43.0 Å². The van der Waals surface area contributed by atoms with E-state index in [4.69, 9.17) is 21.7 Å². The van der Waals surface area contributed by atoms with Crippen molar-refractivity contribution in [2.45, 2.75) is 39.7 Å². The Balaban J connectivity index is 1.83. The molecule has 1 fully saturated rings. The molecule has 1 amide bonds. The van der Waals surface area contributed by atoms with Gasteiger partial charge in [-0.25, -0.2) is 9.78 Å². The molecule has 0 saturated carbocycles. The van der Waals surface area contributed by atoms with Gasteiger partial charge in [-0.1, -0.05) is 0 Å². The van der Waals surface area contributed by atoms with Crippen LogP contribution in [0.3, 0.4) is 0 Å². The van der Waals surface area contributed by atoms with Crippen LogP contribution in [-0.4, -0.2) is 71.0 Å². The summed E-state index contributed by atoms with van der Waals surface area (Å²) in [4.78, 5) is 20.4. The zero-order chi connectivity index (χ0) is 20.7. The van der Waals surface area contributed by atoms with E-state index in [0.717, 1.165) is 5.69 Å². The van der Waals surface area contributed by atoms with Crippen molar-refractivity contribution in [1.29, 1.82) is 0 Å². The first-order valence-electron chi connectivity index (χ1n) is 9.24. The number of amides is 1. The minimum absolute atomic E-state index is 0.215. The molecule has 1 aliphatic heterocycles. The van der Waals surface area contributed by atoms with E-state index in [1.807, 2.05) is 26.8 Å². The predicted molar refractivity (Wildman–Crippen MR) is 111 cm³/mol. The molecule has 1 saturated heterocycles. The Morgan fingerprint density at radius 2 is 2.00 bits per heavy atom. The Morgan fingerprint density at radius 1 is 1.32 bits per heavy atom. The third kappa shape index (κ3) is 7.10. The number of pyridine rings is 1. The van der Waals surface area contributed by atoms with Gasteiger partial charge in [0.2, 0.25) is 6.41 Å². The van der Waals surface area contributed by atoms with Crippen LogP contribution < -0.4 is 15.5 Å². The summed E-state index contributed by atoms with van der Waals surface area (Å²) in [5, 5.41) is 15.2. The number of nitrogens with zero attached hydrogens (tertiary/aromatic N) is 3. The van der Waals surface area contributed by atoms with Gasteiger partial charge in [0.25, 0.3) is 0 Å². The Kier molecular flexibility index (Phi) is 7.78. The van der Waals surface area contributed by atoms with Gasteiger partial charge in [-0.05, 0) is 52.0 Å². The van der Waals surface area contributed by atoms with Crippen molar-refractivity contribution in [3.63, 3.8) is 0 Å². The van der Waals surface area contributed by atoms with E-state index in [2.05, 4.69) is 20.5 Å². The lowest BCUT2D eigenvalue weighted by Gasteiger charge is -2.36. The van der Waals surface area contributed by atoms with Gasteiger partial charge in [0.15, 0.2) is 5.11 Å². The monoisotopic (exact) mass is 411 g/mol. The Bertz CT molecular complexity index is 657. The number of anilines is 2. The van der Waals surface area contributed by atoms with Gasteiger partial charge in [0, 0.05) is 32.8 Å². The average Bonchev–Trinajstić information content (AvgIpc) is 2.61. The summed E-state index contributed by atoms with van der Waals surface area (Å²) < 4.78 is 10.4. The molecule has 1 aliphatic rings. The van der Waals surface area contributed by atoms with E-state index in [-0.39, 0.29) is 11.2 Å². The third-order valence-corrected chi connectivity index (χ3v) is 4.09. The molecule has 156 valence electrons. The number of ether oxygens (including phenoxy) is 2. The van der Waals surface area contributed by atoms with Crippen LogP contribution in [0.15, 0.2) is 18.3 Å². The van der Waals surface area contributed by atoms with Crippen molar-refractivity contribution in [1.82, 2.24) is 15.2 Å². The topological polar surface area (TPSA) is 99.2 Å². The van der Waals surface area contributed by atoms with E-state index in [1.54, 1.807) is 24.1 Å². The fourth-order valence-electron chi connectivity index (χ4n) is 2.58. The van der Waals surface area contributed by atoms with Gasteiger partial charge < -0.3 is 35.0 Å². The van der Waals surface area contributed by atoms with Crippen molar-refractivity contribution >= 4 is 34.9 Å². The number of hydrogen-bond acceptors (Lipinski definition) is 7. The molecule has 1 atom stereocenters. The standard InChI is InChI=1S/C18H29N5O4S/c1-5-26-16(24)21-15(28)20-14-7-6-13(12-19-14)22-8-10-23(11-9-22)17(25)27-18(2,3)4/h6-7,12,16,24H,5,8-11H2,1-4H3,(H2,19,20,21,28). The molecule has 0 aromatic carbocycles.